The summed E-state index contributed by atoms with van der Waals surface area (Å²) in [5.74, 6) is 0.650. The highest BCUT2D eigenvalue weighted by atomic mass is 15.2. The molecule has 1 aliphatic rings. The molecular weight excluding hydrogens is 258 g/mol. The highest BCUT2D eigenvalue weighted by Gasteiger charge is 2.22. The standard InChI is InChI=1S/C18H23N3/c1-3-16(19)17-9-8-15(11-20-17)21-12-13(2)10-14-6-4-5-7-18(14)21/h4-9,11,13,16H,3,10,12,19H2,1-2H3. The minimum atomic E-state index is 0.0339. The Balaban J connectivity index is 1.93. The Morgan fingerprint density at radius 3 is 2.81 bits per heavy atom. The smallest absolute Gasteiger partial charge is 0.0597 e. The van der Waals surface area contributed by atoms with Gasteiger partial charge in [-0.1, -0.05) is 32.0 Å². The van der Waals surface area contributed by atoms with Gasteiger partial charge < -0.3 is 10.6 Å². The fourth-order valence-electron chi connectivity index (χ4n) is 3.03. The molecule has 0 fully saturated rings. The van der Waals surface area contributed by atoms with Gasteiger partial charge >= 0.3 is 0 Å². The molecule has 1 aromatic carbocycles. The van der Waals surface area contributed by atoms with Crippen molar-refractivity contribution in [1.29, 1.82) is 0 Å². The Bertz CT molecular complexity index is 606. The van der Waals surface area contributed by atoms with Gasteiger partial charge in [-0.05, 0) is 42.5 Å². The summed E-state index contributed by atoms with van der Waals surface area (Å²) in [5, 5.41) is 0. The summed E-state index contributed by atoms with van der Waals surface area (Å²) in [6.45, 7) is 5.43. The van der Waals surface area contributed by atoms with Crippen molar-refractivity contribution in [2.75, 3.05) is 11.4 Å². The van der Waals surface area contributed by atoms with Crippen LogP contribution < -0.4 is 10.6 Å². The van der Waals surface area contributed by atoms with Gasteiger partial charge in [-0.3, -0.25) is 4.98 Å². The van der Waals surface area contributed by atoms with Crippen LogP contribution in [-0.2, 0) is 6.42 Å². The third-order valence-electron chi connectivity index (χ3n) is 4.25. The van der Waals surface area contributed by atoms with Crippen LogP contribution >= 0.6 is 0 Å². The largest absolute Gasteiger partial charge is 0.340 e. The quantitative estimate of drug-likeness (QED) is 0.930. The molecular formula is C18H23N3. The molecule has 110 valence electrons. The summed E-state index contributed by atoms with van der Waals surface area (Å²) in [7, 11) is 0. The van der Waals surface area contributed by atoms with Gasteiger partial charge in [0.15, 0.2) is 0 Å². The lowest BCUT2D eigenvalue weighted by molar-refractivity contribution is 0.562. The first-order valence-electron chi connectivity index (χ1n) is 7.76. The van der Waals surface area contributed by atoms with Gasteiger partial charge in [0.05, 0.1) is 17.6 Å². The van der Waals surface area contributed by atoms with E-state index in [1.54, 1.807) is 0 Å². The summed E-state index contributed by atoms with van der Waals surface area (Å²) in [6, 6.07) is 12.9. The minimum absolute atomic E-state index is 0.0339. The molecule has 3 nitrogen and oxygen atoms in total. The van der Waals surface area contributed by atoms with Crippen LogP contribution in [0.2, 0.25) is 0 Å². The molecule has 1 aromatic heterocycles. The third kappa shape index (κ3) is 2.79. The second-order valence-electron chi connectivity index (χ2n) is 6.00. The van der Waals surface area contributed by atoms with Gasteiger partial charge in [0, 0.05) is 18.3 Å². The molecule has 2 aromatic rings. The van der Waals surface area contributed by atoms with E-state index in [4.69, 9.17) is 5.73 Å². The van der Waals surface area contributed by atoms with Crippen LogP contribution in [0.3, 0.4) is 0 Å². The topological polar surface area (TPSA) is 42.1 Å². The fraction of sp³-hybridized carbons (Fsp3) is 0.389. The molecule has 0 bridgehead atoms. The molecule has 3 rings (SSSR count). The lowest BCUT2D eigenvalue weighted by atomic mass is 9.93. The second-order valence-corrected chi connectivity index (χ2v) is 6.00. The molecule has 3 heteroatoms. The highest BCUT2D eigenvalue weighted by Crippen LogP contribution is 2.35. The predicted molar refractivity (Wildman–Crippen MR) is 87.8 cm³/mol. The van der Waals surface area contributed by atoms with Crippen molar-refractivity contribution in [3.05, 3.63) is 53.9 Å². The highest BCUT2D eigenvalue weighted by molar-refractivity contribution is 5.67. The van der Waals surface area contributed by atoms with Gasteiger partial charge in [0.25, 0.3) is 0 Å². The number of para-hydroxylation sites is 1. The zero-order valence-electron chi connectivity index (χ0n) is 12.8. The molecule has 21 heavy (non-hydrogen) atoms. The third-order valence-corrected chi connectivity index (χ3v) is 4.25. The fourth-order valence-corrected chi connectivity index (χ4v) is 3.03. The van der Waals surface area contributed by atoms with E-state index in [1.165, 1.54) is 11.3 Å². The van der Waals surface area contributed by atoms with E-state index in [0.717, 1.165) is 30.8 Å². The first kappa shape index (κ1) is 14.1. The lowest BCUT2D eigenvalue weighted by Crippen LogP contribution is -2.30. The normalized spacial score (nSPS) is 19.2. The van der Waals surface area contributed by atoms with Gasteiger partial charge in [0.2, 0.25) is 0 Å². The van der Waals surface area contributed by atoms with Crippen LogP contribution in [0.1, 0.15) is 37.6 Å². The number of nitrogens with two attached hydrogens (primary N) is 1. The summed E-state index contributed by atoms with van der Waals surface area (Å²) >= 11 is 0. The first-order valence-corrected chi connectivity index (χ1v) is 7.76. The van der Waals surface area contributed by atoms with Crippen LogP contribution in [0.4, 0.5) is 11.4 Å². The molecule has 2 atom stereocenters. The van der Waals surface area contributed by atoms with Crippen molar-refractivity contribution in [2.45, 2.75) is 32.7 Å². The molecule has 2 unspecified atom stereocenters. The Morgan fingerprint density at radius 2 is 2.10 bits per heavy atom. The van der Waals surface area contributed by atoms with Crippen LogP contribution in [-0.4, -0.2) is 11.5 Å². The Kier molecular flexibility index (Phi) is 3.93. The van der Waals surface area contributed by atoms with Gasteiger partial charge in [0.1, 0.15) is 0 Å². The molecule has 0 amide bonds. The van der Waals surface area contributed by atoms with Crippen LogP contribution in [0.25, 0.3) is 0 Å². The van der Waals surface area contributed by atoms with Gasteiger partial charge in [-0.2, -0.15) is 0 Å². The number of anilines is 2. The summed E-state index contributed by atoms with van der Waals surface area (Å²) < 4.78 is 0. The molecule has 0 aliphatic carbocycles. The summed E-state index contributed by atoms with van der Waals surface area (Å²) in [6.07, 6.45) is 4.02. The van der Waals surface area contributed by atoms with Crippen molar-refractivity contribution in [2.24, 2.45) is 11.7 Å². The van der Waals surface area contributed by atoms with Crippen molar-refractivity contribution in [3.8, 4) is 0 Å². The van der Waals surface area contributed by atoms with Crippen LogP contribution in [0.5, 0.6) is 0 Å². The number of rotatable bonds is 3. The van der Waals surface area contributed by atoms with E-state index < -0.39 is 0 Å². The molecule has 2 N–H and O–H groups in total. The number of hydrogen-bond acceptors (Lipinski definition) is 3. The zero-order valence-corrected chi connectivity index (χ0v) is 12.8. The van der Waals surface area contributed by atoms with Crippen LogP contribution in [0, 0.1) is 5.92 Å². The molecule has 0 saturated carbocycles. The minimum Gasteiger partial charge on any atom is -0.340 e. The monoisotopic (exact) mass is 281 g/mol. The molecule has 0 radical (unpaired) electrons. The predicted octanol–water partition coefficient (Wildman–Crippen LogP) is 3.82. The molecule has 2 heterocycles. The van der Waals surface area contributed by atoms with E-state index in [-0.39, 0.29) is 6.04 Å². The van der Waals surface area contributed by atoms with Gasteiger partial charge in [-0.25, -0.2) is 0 Å². The summed E-state index contributed by atoms with van der Waals surface area (Å²) in [4.78, 5) is 6.93. The number of fused-ring (bicyclic) bond motifs is 1. The maximum Gasteiger partial charge on any atom is 0.0597 e. The van der Waals surface area contributed by atoms with Crippen molar-refractivity contribution >= 4 is 11.4 Å². The Hall–Kier alpha value is -1.87. The van der Waals surface area contributed by atoms with Crippen molar-refractivity contribution in [1.82, 2.24) is 4.98 Å². The number of benzene rings is 1. The lowest BCUT2D eigenvalue weighted by Gasteiger charge is -2.34. The number of hydrogen-bond donors (Lipinski definition) is 1. The van der Waals surface area contributed by atoms with Gasteiger partial charge in [-0.15, -0.1) is 0 Å². The zero-order chi connectivity index (χ0) is 14.8. The van der Waals surface area contributed by atoms with E-state index in [1.807, 2.05) is 6.20 Å². The average Bonchev–Trinajstić information content (AvgIpc) is 2.53. The Labute approximate surface area is 126 Å². The first-order chi connectivity index (χ1) is 10.2. The van der Waals surface area contributed by atoms with Crippen molar-refractivity contribution in [3.63, 3.8) is 0 Å². The second kappa shape index (κ2) is 5.86. The molecule has 0 saturated heterocycles. The SMILES string of the molecule is CCC(N)c1ccc(N2CC(C)Cc3ccccc32)cn1. The van der Waals surface area contributed by atoms with E-state index >= 15 is 0 Å². The molecule has 1 aliphatic heterocycles. The number of aromatic nitrogens is 1. The summed E-state index contributed by atoms with van der Waals surface area (Å²) in [5.41, 5.74) is 10.9. The maximum absolute atomic E-state index is 6.05. The number of pyridine rings is 1. The van der Waals surface area contributed by atoms with Crippen molar-refractivity contribution < 1.29 is 0 Å². The van der Waals surface area contributed by atoms with E-state index in [9.17, 15) is 0 Å². The number of nitrogens with zero attached hydrogens (tertiary/aromatic N) is 2. The average molecular weight is 281 g/mol. The maximum atomic E-state index is 6.05. The van der Waals surface area contributed by atoms with Crippen LogP contribution in [0.15, 0.2) is 42.6 Å². The Morgan fingerprint density at radius 1 is 1.29 bits per heavy atom. The van der Waals surface area contributed by atoms with E-state index in [2.05, 4.69) is 60.1 Å². The molecule has 0 spiro atoms. The van der Waals surface area contributed by atoms with E-state index in [0.29, 0.717) is 5.92 Å².